The van der Waals surface area contributed by atoms with Crippen LogP contribution in [0.15, 0.2) is 36.4 Å². The third-order valence-corrected chi connectivity index (χ3v) is 3.00. The molecule has 0 aliphatic heterocycles. The summed E-state index contributed by atoms with van der Waals surface area (Å²) in [4.78, 5) is 32.7. The summed E-state index contributed by atoms with van der Waals surface area (Å²) in [6.45, 7) is -0.347. The number of benzene rings is 2. The van der Waals surface area contributed by atoms with Gasteiger partial charge in [0, 0.05) is 23.4 Å². The lowest BCUT2D eigenvalue weighted by Crippen LogP contribution is -2.22. The van der Waals surface area contributed by atoms with E-state index in [-0.39, 0.29) is 29.2 Å². The minimum Gasteiger partial charge on any atom is -0.371 e. The summed E-state index contributed by atoms with van der Waals surface area (Å²) in [6, 6.07) is 6.58. The van der Waals surface area contributed by atoms with Crippen molar-refractivity contribution in [1.82, 2.24) is 0 Å². The number of rotatable bonds is 6. The van der Waals surface area contributed by atoms with Gasteiger partial charge in [0.15, 0.2) is 11.6 Å². The Morgan fingerprint density at radius 3 is 2.54 bits per heavy atom. The Morgan fingerprint density at radius 1 is 1.17 bits per heavy atom. The van der Waals surface area contributed by atoms with Gasteiger partial charge in [-0.2, -0.15) is 0 Å². The first-order chi connectivity index (χ1) is 11.4. The minimum atomic E-state index is -1.11. The van der Waals surface area contributed by atoms with Crippen LogP contribution in [0, 0.1) is 21.7 Å². The van der Waals surface area contributed by atoms with Gasteiger partial charge in [0.25, 0.3) is 5.69 Å². The summed E-state index contributed by atoms with van der Waals surface area (Å²) < 4.78 is 25.8. The molecule has 0 radical (unpaired) electrons. The predicted octanol–water partition coefficient (Wildman–Crippen LogP) is 2.74. The topological polar surface area (TPSA) is 101 Å². The maximum absolute atomic E-state index is 13.0. The number of nitro groups is 1. The number of aldehydes is 1. The van der Waals surface area contributed by atoms with Gasteiger partial charge in [0.1, 0.15) is 12.0 Å². The molecule has 0 atom stereocenters. The highest BCUT2D eigenvalue weighted by atomic mass is 19.2. The molecule has 9 heteroatoms. The summed E-state index contributed by atoms with van der Waals surface area (Å²) >= 11 is 0. The molecule has 0 aliphatic carbocycles. The highest BCUT2D eigenvalue weighted by Crippen LogP contribution is 2.24. The highest BCUT2D eigenvalue weighted by Gasteiger charge is 2.15. The standard InChI is InChI=1S/C15H11F2N3O4/c16-11-3-2-10(6-12(11)17)19-15(22)7-18-13-4-1-9(8-21)5-14(13)20(23)24/h1-6,8,18H,7H2,(H,19,22). The normalized spacial score (nSPS) is 10.1. The molecule has 0 saturated heterocycles. The fraction of sp³-hybridized carbons (Fsp3) is 0.0667. The van der Waals surface area contributed by atoms with Gasteiger partial charge in [-0.1, -0.05) is 0 Å². The molecule has 0 aliphatic rings. The third kappa shape index (κ3) is 4.09. The first kappa shape index (κ1) is 17.0. The molecule has 2 aromatic rings. The van der Waals surface area contributed by atoms with Gasteiger partial charge in [-0.15, -0.1) is 0 Å². The SMILES string of the molecule is O=Cc1ccc(NCC(=O)Nc2ccc(F)c(F)c2)c([N+](=O)[O-])c1. The number of halogens is 2. The molecule has 2 aromatic carbocycles. The Balaban J connectivity index is 2.04. The summed E-state index contributed by atoms with van der Waals surface area (Å²) in [5, 5.41) is 15.8. The maximum atomic E-state index is 13.0. The van der Waals surface area contributed by atoms with Crippen molar-refractivity contribution in [3.05, 3.63) is 63.7 Å². The number of hydrogen-bond donors (Lipinski definition) is 2. The number of nitrogens with one attached hydrogen (secondary N) is 2. The van der Waals surface area contributed by atoms with Crippen LogP contribution < -0.4 is 10.6 Å². The number of carbonyl (C=O) groups excluding carboxylic acids is 2. The van der Waals surface area contributed by atoms with E-state index in [4.69, 9.17) is 0 Å². The molecule has 0 aromatic heterocycles. The van der Waals surface area contributed by atoms with Crippen molar-refractivity contribution >= 4 is 29.3 Å². The van der Waals surface area contributed by atoms with Crippen LogP contribution in [0.3, 0.4) is 0 Å². The molecule has 2 N–H and O–H groups in total. The number of nitrogens with zero attached hydrogens (tertiary/aromatic N) is 1. The van der Waals surface area contributed by atoms with E-state index in [0.29, 0.717) is 6.29 Å². The van der Waals surface area contributed by atoms with Gasteiger partial charge in [0.2, 0.25) is 5.91 Å². The van der Waals surface area contributed by atoms with E-state index in [1.54, 1.807) is 0 Å². The zero-order chi connectivity index (χ0) is 17.7. The fourth-order valence-corrected chi connectivity index (χ4v) is 1.88. The van der Waals surface area contributed by atoms with Crippen molar-refractivity contribution in [3.63, 3.8) is 0 Å². The number of anilines is 2. The van der Waals surface area contributed by atoms with Crippen molar-refractivity contribution in [2.24, 2.45) is 0 Å². The molecule has 0 fully saturated rings. The lowest BCUT2D eigenvalue weighted by atomic mass is 10.2. The van der Waals surface area contributed by atoms with E-state index in [1.165, 1.54) is 18.2 Å². The number of nitro benzene ring substituents is 1. The first-order valence-electron chi connectivity index (χ1n) is 6.63. The van der Waals surface area contributed by atoms with E-state index in [9.17, 15) is 28.5 Å². The zero-order valence-electron chi connectivity index (χ0n) is 12.1. The molecule has 24 heavy (non-hydrogen) atoms. The summed E-state index contributed by atoms with van der Waals surface area (Å²) in [5.74, 6) is -2.77. The number of carbonyl (C=O) groups is 2. The van der Waals surface area contributed by atoms with Crippen molar-refractivity contribution in [1.29, 1.82) is 0 Å². The zero-order valence-corrected chi connectivity index (χ0v) is 12.1. The first-order valence-corrected chi connectivity index (χ1v) is 6.63. The smallest absolute Gasteiger partial charge is 0.293 e. The van der Waals surface area contributed by atoms with Crippen LogP contribution in [0.1, 0.15) is 10.4 Å². The van der Waals surface area contributed by atoms with Gasteiger partial charge >= 0.3 is 0 Å². The summed E-state index contributed by atoms with van der Waals surface area (Å²) in [5.41, 5.74) is -0.142. The number of hydrogen-bond acceptors (Lipinski definition) is 5. The van der Waals surface area contributed by atoms with Crippen LogP contribution in [-0.2, 0) is 4.79 Å². The van der Waals surface area contributed by atoms with Crippen molar-refractivity contribution < 1.29 is 23.3 Å². The van der Waals surface area contributed by atoms with Crippen LogP contribution >= 0.6 is 0 Å². The molecular weight excluding hydrogens is 324 g/mol. The largest absolute Gasteiger partial charge is 0.371 e. The lowest BCUT2D eigenvalue weighted by Gasteiger charge is -2.09. The maximum Gasteiger partial charge on any atom is 0.293 e. The van der Waals surface area contributed by atoms with Crippen LogP contribution in [0.25, 0.3) is 0 Å². The average molecular weight is 335 g/mol. The second-order valence-corrected chi connectivity index (χ2v) is 4.68. The Bertz CT molecular complexity index is 811. The second-order valence-electron chi connectivity index (χ2n) is 4.68. The summed E-state index contributed by atoms with van der Waals surface area (Å²) in [6.07, 6.45) is 0.465. The molecule has 0 saturated carbocycles. The Hall–Kier alpha value is -3.36. The van der Waals surface area contributed by atoms with Crippen LogP contribution in [-0.4, -0.2) is 23.7 Å². The quantitative estimate of drug-likeness (QED) is 0.480. The van der Waals surface area contributed by atoms with E-state index >= 15 is 0 Å². The van der Waals surface area contributed by atoms with E-state index in [2.05, 4.69) is 10.6 Å². The van der Waals surface area contributed by atoms with Gasteiger partial charge < -0.3 is 10.6 Å². The molecule has 2 rings (SSSR count). The van der Waals surface area contributed by atoms with Crippen LogP contribution in [0.4, 0.5) is 25.8 Å². The molecule has 124 valence electrons. The highest BCUT2D eigenvalue weighted by molar-refractivity contribution is 5.94. The Kier molecular flexibility index (Phi) is 5.15. The third-order valence-electron chi connectivity index (χ3n) is 3.00. The Morgan fingerprint density at radius 2 is 1.92 bits per heavy atom. The van der Waals surface area contributed by atoms with E-state index in [0.717, 1.165) is 18.2 Å². The van der Waals surface area contributed by atoms with E-state index < -0.39 is 22.5 Å². The average Bonchev–Trinajstić information content (AvgIpc) is 2.56. The van der Waals surface area contributed by atoms with Crippen molar-refractivity contribution in [3.8, 4) is 0 Å². The van der Waals surface area contributed by atoms with Crippen LogP contribution in [0.5, 0.6) is 0 Å². The van der Waals surface area contributed by atoms with Gasteiger partial charge in [-0.3, -0.25) is 19.7 Å². The molecule has 0 heterocycles. The van der Waals surface area contributed by atoms with Crippen molar-refractivity contribution in [2.75, 3.05) is 17.2 Å². The van der Waals surface area contributed by atoms with Gasteiger partial charge in [-0.05, 0) is 24.3 Å². The summed E-state index contributed by atoms with van der Waals surface area (Å²) in [7, 11) is 0. The lowest BCUT2D eigenvalue weighted by molar-refractivity contribution is -0.384. The van der Waals surface area contributed by atoms with Crippen molar-refractivity contribution in [2.45, 2.75) is 0 Å². The number of amides is 1. The van der Waals surface area contributed by atoms with Gasteiger partial charge in [-0.25, -0.2) is 8.78 Å². The molecule has 0 unspecified atom stereocenters. The minimum absolute atomic E-state index is 0.0473. The van der Waals surface area contributed by atoms with Gasteiger partial charge in [0.05, 0.1) is 11.5 Å². The van der Waals surface area contributed by atoms with E-state index in [1.807, 2.05) is 0 Å². The molecular formula is C15H11F2N3O4. The Labute approximate surface area is 134 Å². The van der Waals surface area contributed by atoms with Crippen LogP contribution in [0.2, 0.25) is 0 Å². The molecule has 0 bridgehead atoms. The predicted molar refractivity (Wildman–Crippen MR) is 82.0 cm³/mol. The second kappa shape index (κ2) is 7.27. The molecule has 7 nitrogen and oxygen atoms in total. The molecule has 1 amide bonds. The molecule has 0 spiro atoms. The fourth-order valence-electron chi connectivity index (χ4n) is 1.88. The monoisotopic (exact) mass is 335 g/mol.